The van der Waals surface area contributed by atoms with Crippen LogP contribution in [0, 0.1) is 0 Å². The number of benzene rings is 1. The van der Waals surface area contributed by atoms with E-state index in [2.05, 4.69) is 0 Å². The van der Waals surface area contributed by atoms with Gasteiger partial charge in [0.15, 0.2) is 0 Å². The lowest BCUT2D eigenvalue weighted by molar-refractivity contribution is -0.181. The number of hydrogen-bond acceptors (Lipinski definition) is 1. The lowest BCUT2D eigenvalue weighted by Crippen LogP contribution is -2.31. The van der Waals surface area contributed by atoms with Gasteiger partial charge < -0.3 is 4.74 Å². The van der Waals surface area contributed by atoms with Crippen molar-refractivity contribution in [2.75, 3.05) is 7.11 Å². The van der Waals surface area contributed by atoms with Gasteiger partial charge >= 0.3 is 6.18 Å². The van der Waals surface area contributed by atoms with E-state index >= 15 is 0 Å². The molecule has 0 heterocycles. The number of ether oxygens (including phenoxy) is 1. The predicted octanol–water partition coefficient (Wildman–Crippen LogP) is 4.80. The summed E-state index contributed by atoms with van der Waals surface area (Å²) in [5.74, 6) is 0. The maximum Gasteiger partial charge on any atom is 0.392 e. The molecule has 0 bridgehead atoms. The van der Waals surface area contributed by atoms with Gasteiger partial charge in [0.05, 0.1) is 12.0 Å². The highest BCUT2D eigenvalue weighted by Crippen LogP contribution is 2.38. The first-order valence-electron chi connectivity index (χ1n) is 6.21. The summed E-state index contributed by atoms with van der Waals surface area (Å²) in [6, 6.07) is 7.19. The molecule has 1 nitrogen and oxygen atoms in total. The van der Waals surface area contributed by atoms with Gasteiger partial charge in [0.1, 0.15) is 0 Å². The summed E-state index contributed by atoms with van der Waals surface area (Å²) in [6.45, 7) is 7.56. The van der Waals surface area contributed by atoms with Gasteiger partial charge in [0.25, 0.3) is 0 Å². The highest BCUT2D eigenvalue weighted by Gasteiger charge is 2.41. The first kappa shape index (κ1) is 16.0. The van der Waals surface area contributed by atoms with Crippen LogP contribution in [-0.2, 0) is 15.8 Å². The number of methoxy groups -OCH3 is 1. The van der Waals surface area contributed by atoms with Crippen molar-refractivity contribution in [1.82, 2.24) is 0 Å². The molecule has 4 heteroatoms. The maximum absolute atomic E-state index is 12.7. The number of alkyl halides is 3. The average Bonchev–Trinajstić information content (AvgIpc) is 2.26. The Morgan fingerprint density at radius 3 is 1.95 bits per heavy atom. The Kier molecular flexibility index (Phi) is 4.35. The smallest absolute Gasteiger partial charge is 0.373 e. The lowest BCUT2D eigenvalue weighted by Gasteiger charge is -2.31. The van der Waals surface area contributed by atoms with E-state index in [0.29, 0.717) is 5.56 Å². The summed E-state index contributed by atoms with van der Waals surface area (Å²) in [6.07, 6.45) is -5.26. The zero-order chi connectivity index (χ0) is 14.9. The topological polar surface area (TPSA) is 9.23 Å². The van der Waals surface area contributed by atoms with Crippen molar-refractivity contribution in [3.8, 4) is 0 Å². The van der Waals surface area contributed by atoms with Crippen LogP contribution >= 0.6 is 0 Å². The van der Waals surface area contributed by atoms with Gasteiger partial charge in [-0.15, -0.1) is 0 Å². The maximum atomic E-state index is 12.7. The van der Waals surface area contributed by atoms with Crippen LogP contribution in [0.4, 0.5) is 13.2 Å². The Hall–Kier alpha value is -1.03. The fourth-order valence-corrected chi connectivity index (χ4v) is 1.99. The van der Waals surface area contributed by atoms with Crippen molar-refractivity contribution in [2.24, 2.45) is 0 Å². The Balaban J connectivity index is 3.19. The van der Waals surface area contributed by atoms with Gasteiger partial charge in [0.2, 0.25) is 0 Å². The summed E-state index contributed by atoms with van der Waals surface area (Å²) in [7, 11) is 1.31. The van der Waals surface area contributed by atoms with E-state index in [1.807, 2.05) is 26.8 Å². The fourth-order valence-electron chi connectivity index (χ4n) is 1.99. The minimum Gasteiger partial charge on any atom is -0.373 e. The molecular formula is C15H21F3O. The molecule has 0 N–H and O–H groups in total. The zero-order valence-electron chi connectivity index (χ0n) is 12.1. The standard InChI is InChI=1S/C15H21F3O/c1-13(2,3)11-7-6-8-12(9-11)14(4,19-5)10-15(16,17)18/h6-9H,10H2,1-5H3. The van der Waals surface area contributed by atoms with E-state index in [1.54, 1.807) is 18.2 Å². The normalized spacial score (nSPS) is 16.2. The summed E-state index contributed by atoms with van der Waals surface area (Å²) in [5.41, 5.74) is 0.0952. The summed E-state index contributed by atoms with van der Waals surface area (Å²) < 4.78 is 43.2. The minimum atomic E-state index is -4.26. The third kappa shape index (κ3) is 4.23. The van der Waals surface area contributed by atoms with Gasteiger partial charge in [-0.05, 0) is 23.5 Å². The predicted molar refractivity (Wildman–Crippen MR) is 70.2 cm³/mol. The van der Waals surface area contributed by atoms with Crippen LogP contribution in [0.5, 0.6) is 0 Å². The Bertz CT molecular complexity index is 432. The Labute approximate surface area is 112 Å². The molecule has 0 radical (unpaired) electrons. The molecule has 0 aliphatic carbocycles. The van der Waals surface area contributed by atoms with Crippen molar-refractivity contribution < 1.29 is 17.9 Å². The van der Waals surface area contributed by atoms with Crippen LogP contribution in [0.3, 0.4) is 0 Å². The van der Waals surface area contributed by atoms with Gasteiger partial charge in [-0.3, -0.25) is 0 Å². The molecule has 1 unspecified atom stereocenters. The molecule has 0 aromatic heterocycles. The van der Waals surface area contributed by atoms with Gasteiger partial charge in [-0.2, -0.15) is 13.2 Å². The van der Waals surface area contributed by atoms with Crippen LogP contribution in [0.2, 0.25) is 0 Å². The van der Waals surface area contributed by atoms with E-state index in [9.17, 15) is 13.2 Å². The van der Waals surface area contributed by atoms with E-state index in [4.69, 9.17) is 4.74 Å². The molecule has 0 aliphatic rings. The van der Waals surface area contributed by atoms with Crippen LogP contribution < -0.4 is 0 Å². The van der Waals surface area contributed by atoms with Gasteiger partial charge in [-0.25, -0.2) is 0 Å². The molecule has 0 fully saturated rings. The molecule has 1 atom stereocenters. The molecule has 0 spiro atoms. The highest BCUT2D eigenvalue weighted by atomic mass is 19.4. The highest BCUT2D eigenvalue weighted by molar-refractivity contribution is 5.32. The second-order valence-electron chi connectivity index (χ2n) is 6.06. The Morgan fingerprint density at radius 1 is 1.00 bits per heavy atom. The molecule has 0 saturated carbocycles. The first-order chi connectivity index (χ1) is 8.48. The second kappa shape index (κ2) is 5.16. The van der Waals surface area contributed by atoms with Gasteiger partial charge in [-0.1, -0.05) is 45.0 Å². The summed E-state index contributed by atoms with van der Waals surface area (Å²) in [5, 5.41) is 0. The summed E-state index contributed by atoms with van der Waals surface area (Å²) >= 11 is 0. The molecule has 1 rings (SSSR count). The first-order valence-corrected chi connectivity index (χ1v) is 6.21. The van der Waals surface area contributed by atoms with Crippen molar-refractivity contribution in [3.63, 3.8) is 0 Å². The average molecular weight is 274 g/mol. The molecule has 1 aromatic carbocycles. The SMILES string of the molecule is COC(C)(CC(F)(F)F)c1cccc(C(C)(C)C)c1. The monoisotopic (exact) mass is 274 g/mol. The molecule has 0 aliphatic heterocycles. The number of hydrogen-bond donors (Lipinski definition) is 0. The van der Waals surface area contributed by atoms with Gasteiger partial charge in [0, 0.05) is 7.11 Å². The second-order valence-corrected chi connectivity index (χ2v) is 6.06. The van der Waals surface area contributed by atoms with E-state index in [1.165, 1.54) is 14.0 Å². The van der Waals surface area contributed by atoms with Crippen LogP contribution in [0.1, 0.15) is 45.2 Å². The molecule has 1 aromatic rings. The van der Waals surface area contributed by atoms with Crippen molar-refractivity contribution in [3.05, 3.63) is 35.4 Å². The third-order valence-electron chi connectivity index (χ3n) is 3.33. The molecule has 0 saturated heterocycles. The van der Waals surface area contributed by atoms with E-state index in [0.717, 1.165) is 5.56 Å². The molecule has 19 heavy (non-hydrogen) atoms. The quantitative estimate of drug-likeness (QED) is 0.769. The fraction of sp³-hybridized carbons (Fsp3) is 0.600. The molecule has 108 valence electrons. The minimum absolute atomic E-state index is 0.108. The van der Waals surface area contributed by atoms with Crippen molar-refractivity contribution in [2.45, 2.75) is 51.3 Å². The zero-order valence-corrected chi connectivity index (χ0v) is 12.1. The largest absolute Gasteiger partial charge is 0.392 e. The molecular weight excluding hydrogens is 253 g/mol. The van der Waals surface area contributed by atoms with Crippen molar-refractivity contribution >= 4 is 0 Å². The Morgan fingerprint density at radius 2 is 1.53 bits per heavy atom. The molecule has 0 amide bonds. The lowest BCUT2D eigenvalue weighted by atomic mass is 9.83. The number of halogens is 3. The van der Waals surface area contributed by atoms with E-state index in [-0.39, 0.29) is 5.41 Å². The van der Waals surface area contributed by atoms with Crippen LogP contribution in [0.15, 0.2) is 24.3 Å². The van der Waals surface area contributed by atoms with E-state index < -0.39 is 18.2 Å². The summed E-state index contributed by atoms with van der Waals surface area (Å²) in [4.78, 5) is 0. The number of rotatable bonds is 3. The van der Waals surface area contributed by atoms with Crippen molar-refractivity contribution in [1.29, 1.82) is 0 Å². The third-order valence-corrected chi connectivity index (χ3v) is 3.33. The van der Waals surface area contributed by atoms with Crippen LogP contribution in [-0.4, -0.2) is 13.3 Å². The van der Waals surface area contributed by atoms with Crippen LogP contribution in [0.25, 0.3) is 0 Å².